The summed E-state index contributed by atoms with van der Waals surface area (Å²) in [4.78, 5) is 18.8. The summed E-state index contributed by atoms with van der Waals surface area (Å²) in [5, 5.41) is 4.16. The van der Waals surface area contributed by atoms with Crippen molar-refractivity contribution in [3.63, 3.8) is 0 Å². The van der Waals surface area contributed by atoms with E-state index in [9.17, 15) is 4.79 Å². The average Bonchev–Trinajstić information content (AvgIpc) is 2.64. The van der Waals surface area contributed by atoms with Crippen LogP contribution in [0.3, 0.4) is 0 Å². The molecule has 1 atom stereocenters. The summed E-state index contributed by atoms with van der Waals surface area (Å²) in [6.07, 6.45) is 5.45. The van der Waals surface area contributed by atoms with E-state index < -0.39 is 0 Å². The van der Waals surface area contributed by atoms with Crippen LogP contribution in [0.1, 0.15) is 24.0 Å². The zero-order chi connectivity index (χ0) is 17.6. The minimum Gasteiger partial charge on any atom is -0.352 e. The van der Waals surface area contributed by atoms with Crippen LogP contribution in [0.4, 0.5) is 0 Å². The van der Waals surface area contributed by atoms with Gasteiger partial charge in [0, 0.05) is 32.0 Å². The highest BCUT2D eigenvalue weighted by Crippen LogP contribution is 2.25. The van der Waals surface area contributed by atoms with Crippen molar-refractivity contribution in [1.29, 1.82) is 0 Å². The molecule has 2 heterocycles. The van der Waals surface area contributed by atoms with Gasteiger partial charge < -0.3 is 5.32 Å². The van der Waals surface area contributed by atoms with E-state index in [0.717, 1.165) is 43.6 Å². The lowest BCUT2D eigenvalue weighted by atomic mass is 9.96. The quantitative estimate of drug-likeness (QED) is 0.858. The van der Waals surface area contributed by atoms with Gasteiger partial charge >= 0.3 is 0 Å². The fourth-order valence-corrected chi connectivity index (χ4v) is 3.47. The molecule has 1 aliphatic heterocycles. The van der Waals surface area contributed by atoms with E-state index in [4.69, 9.17) is 23.2 Å². The molecule has 3 rings (SSSR count). The Bertz CT molecular complexity index is 724. The fourth-order valence-electron chi connectivity index (χ4n) is 3.15. The van der Waals surface area contributed by atoms with Gasteiger partial charge in [0.1, 0.15) is 0 Å². The third-order valence-corrected chi connectivity index (χ3v) is 5.20. The van der Waals surface area contributed by atoms with Crippen LogP contribution < -0.4 is 5.32 Å². The Hall–Kier alpha value is -1.62. The molecule has 0 radical (unpaired) electrons. The lowest BCUT2D eigenvalue weighted by molar-refractivity contribution is -0.126. The van der Waals surface area contributed by atoms with Crippen LogP contribution in [0.5, 0.6) is 0 Å². The summed E-state index contributed by atoms with van der Waals surface area (Å²) in [7, 11) is 0. The molecule has 25 heavy (non-hydrogen) atoms. The maximum absolute atomic E-state index is 12.5. The van der Waals surface area contributed by atoms with Crippen molar-refractivity contribution >= 4 is 29.1 Å². The van der Waals surface area contributed by atoms with Gasteiger partial charge in [0.2, 0.25) is 5.91 Å². The number of hydrogen-bond donors (Lipinski definition) is 1. The molecule has 1 N–H and O–H groups in total. The first-order valence-electron chi connectivity index (χ1n) is 8.45. The van der Waals surface area contributed by atoms with Crippen molar-refractivity contribution in [3.05, 3.63) is 63.9 Å². The van der Waals surface area contributed by atoms with Gasteiger partial charge in [-0.3, -0.25) is 14.7 Å². The number of carbonyl (C=O) groups is 1. The second-order valence-corrected chi connectivity index (χ2v) is 7.22. The van der Waals surface area contributed by atoms with Crippen molar-refractivity contribution in [3.8, 4) is 0 Å². The van der Waals surface area contributed by atoms with Crippen molar-refractivity contribution < 1.29 is 4.79 Å². The number of nitrogens with zero attached hydrogens (tertiary/aromatic N) is 2. The van der Waals surface area contributed by atoms with Crippen LogP contribution >= 0.6 is 23.2 Å². The van der Waals surface area contributed by atoms with Gasteiger partial charge in [0.25, 0.3) is 0 Å². The molecule has 6 heteroatoms. The molecule has 4 nitrogen and oxygen atoms in total. The third kappa shape index (κ3) is 5.18. The number of amides is 1. The number of carbonyl (C=O) groups excluding carboxylic acids is 1. The molecule has 0 bridgehead atoms. The largest absolute Gasteiger partial charge is 0.352 e. The standard InChI is InChI=1S/C19H21Cl2N3O/c20-17-6-5-14(9-18(17)21)12-24-8-2-4-16(13-24)19(25)23-11-15-3-1-7-22-10-15/h1,3,5-7,9-10,16H,2,4,8,11-13H2,(H,23,25). The van der Waals surface area contributed by atoms with E-state index in [1.165, 1.54) is 0 Å². The molecular weight excluding hydrogens is 357 g/mol. The molecule has 1 unspecified atom stereocenters. The van der Waals surface area contributed by atoms with Gasteiger partial charge in [0.05, 0.1) is 16.0 Å². The molecule has 0 saturated carbocycles. The normalized spacial score (nSPS) is 18.1. The highest BCUT2D eigenvalue weighted by molar-refractivity contribution is 6.42. The number of halogens is 2. The highest BCUT2D eigenvalue weighted by Gasteiger charge is 2.25. The molecule has 1 amide bonds. The topological polar surface area (TPSA) is 45.2 Å². The molecule has 1 saturated heterocycles. The van der Waals surface area contributed by atoms with Crippen molar-refractivity contribution in [2.75, 3.05) is 13.1 Å². The van der Waals surface area contributed by atoms with E-state index in [2.05, 4.69) is 15.2 Å². The Labute approximate surface area is 158 Å². The first kappa shape index (κ1) is 18.2. The second-order valence-electron chi connectivity index (χ2n) is 6.40. The molecule has 0 spiro atoms. The van der Waals surface area contributed by atoms with Crippen LogP contribution in [-0.2, 0) is 17.9 Å². The lowest BCUT2D eigenvalue weighted by Crippen LogP contribution is -2.42. The summed E-state index contributed by atoms with van der Waals surface area (Å²) in [5.74, 6) is 0.135. The molecule has 1 aromatic carbocycles. The van der Waals surface area contributed by atoms with Gasteiger partial charge in [-0.25, -0.2) is 0 Å². The Morgan fingerprint density at radius 3 is 2.88 bits per heavy atom. The predicted molar refractivity (Wildman–Crippen MR) is 101 cm³/mol. The minimum absolute atomic E-state index is 0.0215. The summed E-state index contributed by atoms with van der Waals surface area (Å²) in [6, 6.07) is 9.54. The molecule has 2 aromatic rings. The summed E-state index contributed by atoms with van der Waals surface area (Å²) in [6.45, 7) is 3.06. The van der Waals surface area contributed by atoms with Crippen molar-refractivity contribution in [2.24, 2.45) is 5.92 Å². The molecule has 1 aromatic heterocycles. The third-order valence-electron chi connectivity index (χ3n) is 4.46. The maximum Gasteiger partial charge on any atom is 0.224 e. The molecule has 0 aliphatic carbocycles. The van der Waals surface area contributed by atoms with Crippen LogP contribution in [0.2, 0.25) is 10.0 Å². The second kappa shape index (κ2) is 8.65. The SMILES string of the molecule is O=C(NCc1cccnc1)C1CCCN(Cc2ccc(Cl)c(Cl)c2)C1. The fraction of sp³-hybridized carbons (Fsp3) is 0.368. The number of nitrogens with one attached hydrogen (secondary N) is 1. The lowest BCUT2D eigenvalue weighted by Gasteiger charge is -2.32. The minimum atomic E-state index is 0.0215. The average molecular weight is 378 g/mol. The summed E-state index contributed by atoms with van der Waals surface area (Å²) < 4.78 is 0. The number of benzene rings is 1. The number of pyridine rings is 1. The molecular formula is C19H21Cl2N3O. The van der Waals surface area contributed by atoms with Crippen LogP contribution in [0, 0.1) is 5.92 Å². The number of hydrogen-bond acceptors (Lipinski definition) is 3. The zero-order valence-electron chi connectivity index (χ0n) is 13.9. The number of rotatable bonds is 5. The number of aromatic nitrogens is 1. The predicted octanol–water partition coefficient (Wildman–Crippen LogP) is 3.92. The Morgan fingerprint density at radius 2 is 2.12 bits per heavy atom. The highest BCUT2D eigenvalue weighted by atomic mass is 35.5. The Morgan fingerprint density at radius 1 is 1.24 bits per heavy atom. The van der Waals surface area contributed by atoms with Gasteiger partial charge in [0.15, 0.2) is 0 Å². The number of piperidine rings is 1. The Kier molecular flexibility index (Phi) is 6.29. The van der Waals surface area contributed by atoms with Gasteiger partial charge in [-0.15, -0.1) is 0 Å². The first-order valence-corrected chi connectivity index (χ1v) is 9.20. The van der Waals surface area contributed by atoms with Crippen molar-refractivity contribution in [2.45, 2.75) is 25.9 Å². The van der Waals surface area contributed by atoms with Gasteiger partial charge in [-0.2, -0.15) is 0 Å². The maximum atomic E-state index is 12.5. The van der Waals surface area contributed by atoms with Crippen LogP contribution in [0.25, 0.3) is 0 Å². The first-order chi connectivity index (χ1) is 12.1. The van der Waals surface area contributed by atoms with Gasteiger partial charge in [-0.05, 0) is 48.7 Å². The smallest absolute Gasteiger partial charge is 0.224 e. The van der Waals surface area contributed by atoms with Crippen LogP contribution in [-0.4, -0.2) is 28.9 Å². The summed E-state index contributed by atoms with van der Waals surface area (Å²) in [5.41, 5.74) is 2.13. The zero-order valence-corrected chi connectivity index (χ0v) is 15.4. The molecule has 1 aliphatic rings. The number of likely N-dealkylation sites (tertiary alicyclic amines) is 1. The Balaban J connectivity index is 1.53. The monoisotopic (exact) mass is 377 g/mol. The van der Waals surface area contributed by atoms with Crippen LogP contribution in [0.15, 0.2) is 42.7 Å². The van der Waals surface area contributed by atoms with E-state index in [1.807, 2.05) is 30.3 Å². The molecule has 1 fully saturated rings. The van der Waals surface area contributed by atoms with E-state index in [1.54, 1.807) is 12.4 Å². The van der Waals surface area contributed by atoms with E-state index >= 15 is 0 Å². The summed E-state index contributed by atoms with van der Waals surface area (Å²) >= 11 is 12.1. The van der Waals surface area contributed by atoms with Gasteiger partial charge in [-0.1, -0.05) is 35.3 Å². The van der Waals surface area contributed by atoms with Crippen molar-refractivity contribution in [1.82, 2.24) is 15.2 Å². The molecule has 132 valence electrons. The van der Waals surface area contributed by atoms with E-state index in [-0.39, 0.29) is 11.8 Å². The van der Waals surface area contributed by atoms with E-state index in [0.29, 0.717) is 16.6 Å².